The van der Waals surface area contributed by atoms with Gasteiger partial charge in [0.05, 0.1) is 18.6 Å². The van der Waals surface area contributed by atoms with Crippen molar-refractivity contribution < 1.29 is 14.4 Å². The molecule has 0 amide bonds. The van der Waals surface area contributed by atoms with Crippen molar-refractivity contribution in [2.24, 2.45) is 5.41 Å². The summed E-state index contributed by atoms with van der Waals surface area (Å²) < 4.78 is 11.4. The lowest BCUT2D eigenvalue weighted by Crippen LogP contribution is -3.22. The predicted molar refractivity (Wildman–Crippen MR) is 90.0 cm³/mol. The van der Waals surface area contributed by atoms with Crippen molar-refractivity contribution in [1.82, 2.24) is 0 Å². The SMILES string of the molecule is c1c2c(cc3c1[C@H]1CC[NH+]4CCC[C@@]56CCN3[C@@]1(CC5)[C@@H]46)OCO2. The molecule has 5 heterocycles. The van der Waals surface area contributed by atoms with Gasteiger partial charge in [-0.1, -0.05) is 0 Å². The summed E-state index contributed by atoms with van der Waals surface area (Å²) in [5.41, 5.74) is 4.11. The van der Waals surface area contributed by atoms with Crippen LogP contribution in [-0.2, 0) is 0 Å². The maximum atomic E-state index is 5.72. The number of quaternary nitrogens is 1. The van der Waals surface area contributed by atoms with Gasteiger partial charge in [-0.25, -0.2) is 0 Å². The molecular formula is C20H25N2O2+. The van der Waals surface area contributed by atoms with Gasteiger partial charge in [0.1, 0.15) is 6.04 Å². The standard InChI is InChI=1S/C20H24N2O2/c1-3-19-4-5-20-14(2-8-21(7-1)18(19)20)13-10-16-17(24-12-23-16)11-15(13)22(20)9-6-19/h10-11,14,18H,1-9,12H2/p+1/t14-,18+,19+,20-/m1/s1. The van der Waals surface area contributed by atoms with Crippen LogP contribution < -0.4 is 19.3 Å². The van der Waals surface area contributed by atoms with Crippen LogP contribution >= 0.6 is 0 Å². The number of rotatable bonds is 0. The van der Waals surface area contributed by atoms with Crippen LogP contribution in [0.4, 0.5) is 5.69 Å². The second kappa shape index (κ2) is 3.87. The number of anilines is 1. The summed E-state index contributed by atoms with van der Waals surface area (Å²) in [4.78, 5) is 4.78. The third kappa shape index (κ3) is 1.19. The fourth-order valence-electron chi connectivity index (χ4n) is 8.01. The lowest BCUT2D eigenvalue weighted by Gasteiger charge is -2.59. The van der Waals surface area contributed by atoms with Gasteiger partial charge < -0.3 is 19.3 Å². The van der Waals surface area contributed by atoms with Crippen LogP contribution in [0.5, 0.6) is 11.5 Å². The zero-order valence-corrected chi connectivity index (χ0v) is 14.1. The zero-order valence-electron chi connectivity index (χ0n) is 14.1. The second-order valence-electron chi connectivity index (χ2n) is 9.06. The first kappa shape index (κ1) is 12.9. The van der Waals surface area contributed by atoms with Crippen LogP contribution in [-0.4, -0.2) is 38.0 Å². The smallest absolute Gasteiger partial charge is 0.231 e. The highest BCUT2D eigenvalue weighted by Crippen LogP contribution is 2.67. The summed E-state index contributed by atoms with van der Waals surface area (Å²) >= 11 is 0. The molecule has 3 saturated heterocycles. The van der Waals surface area contributed by atoms with Crippen molar-refractivity contribution in [2.75, 3.05) is 31.3 Å². The number of piperidine rings is 3. The minimum atomic E-state index is 0.387. The van der Waals surface area contributed by atoms with Gasteiger partial charge >= 0.3 is 0 Å². The Kier molecular flexibility index (Phi) is 2.08. The Hall–Kier alpha value is -1.42. The molecule has 6 aliphatic rings. The van der Waals surface area contributed by atoms with Crippen LogP contribution in [0.25, 0.3) is 0 Å². The minimum Gasteiger partial charge on any atom is -0.454 e. The van der Waals surface area contributed by atoms with E-state index in [0.717, 1.165) is 23.5 Å². The Balaban J connectivity index is 1.47. The minimum absolute atomic E-state index is 0.387. The normalized spacial score (nSPS) is 46.0. The molecule has 5 atom stereocenters. The van der Waals surface area contributed by atoms with Gasteiger partial charge in [0.2, 0.25) is 6.79 Å². The topological polar surface area (TPSA) is 26.1 Å². The molecule has 0 radical (unpaired) electrons. The summed E-state index contributed by atoms with van der Waals surface area (Å²) in [5.74, 6) is 2.66. The van der Waals surface area contributed by atoms with Crippen LogP contribution in [0.1, 0.15) is 50.0 Å². The van der Waals surface area contributed by atoms with Crippen LogP contribution in [0.2, 0.25) is 0 Å². The molecule has 4 nitrogen and oxygen atoms in total. The highest BCUT2D eigenvalue weighted by molar-refractivity contribution is 5.71. The molecule has 1 aromatic carbocycles. The van der Waals surface area contributed by atoms with Crippen molar-refractivity contribution in [3.63, 3.8) is 0 Å². The molecule has 1 unspecified atom stereocenters. The molecule has 1 N–H and O–H groups in total. The Labute approximate surface area is 142 Å². The Morgan fingerprint density at radius 1 is 1.04 bits per heavy atom. The van der Waals surface area contributed by atoms with E-state index in [0.29, 0.717) is 17.7 Å². The van der Waals surface area contributed by atoms with Gasteiger partial charge in [-0.05, 0) is 43.7 Å². The summed E-state index contributed by atoms with van der Waals surface area (Å²) in [6.07, 6.45) is 8.58. The Morgan fingerprint density at radius 2 is 1.96 bits per heavy atom. The second-order valence-corrected chi connectivity index (χ2v) is 9.06. The van der Waals surface area contributed by atoms with Crippen molar-refractivity contribution in [2.45, 2.75) is 56.0 Å². The van der Waals surface area contributed by atoms with E-state index in [1.165, 1.54) is 63.8 Å². The fraction of sp³-hybridized carbons (Fsp3) is 0.700. The van der Waals surface area contributed by atoms with Crippen molar-refractivity contribution in [1.29, 1.82) is 0 Å². The number of ether oxygens (including phenoxy) is 2. The van der Waals surface area contributed by atoms with E-state index in [1.54, 1.807) is 5.56 Å². The predicted octanol–water partition coefficient (Wildman–Crippen LogP) is 1.69. The average Bonchev–Trinajstić information content (AvgIpc) is 3.24. The fourth-order valence-corrected chi connectivity index (χ4v) is 8.01. The van der Waals surface area contributed by atoms with E-state index in [4.69, 9.17) is 9.47 Å². The number of hydrogen-bond donors (Lipinski definition) is 1. The Bertz CT molecular complexity index is 729. The molecule has 4 fully saturated rings. The molecule has 126 valence electrons. The first-order valence-electron chi connectivity index (χ1n) is 9.88. The molecule has 5 aliphatic heterocycles. The van der Waals surface area contributed by atoms with E-state index in [9.17, 15) is 0 Å². The molecule has 2 bridgehead atoms. The summed E-state index contributed by atoms with van der Waals surface area (Å²) in [6, 6.07) is 5.51. The molecule has 1 saturated carbocycles. The van der Waals surface area contributed by atoms with Crippen LogP contribution in [0.15, 0.2) is 12.1 Å². The largest absolute Gasteiger partial charge is 0.454 e. The molecule has 1 aliphatic carbocycles. The lowest BCUT2D eigenvalue weighted by atomic mass is 9.62. The quantitative estimate of drug-likeness (QED) is 0.786. The van der Waals surface area contributed by atoms with Crippen LogP contribution in [0, 0.1) is 5.41 Å². The summed E-state index contributed by atoms with van der Waals surface area (Å²) in [7, 11) is 0. The van der Waals surface area contributed by atoms with Gasteiger partial charge in [-0.3, -0.25) is 0 Å². The van der Waals surface area contributed by atoms with Gasteiger partial charge in [0.15, 0.2) is 11.5 Å². The highest BCUT2D eigenvalue weighted by atomic mass is 16.7. The number of hydrogen-bond acceptors (Lipinski definition) is 3. The lowest BCUT2D eigenvalue weighted by molar-refractivity contribution is -0.948. The van der Waals surface area contributed by atoms with E-state index in [-0.39, 0.29) is 0 Å². The Morgan fingerprint density at radius 3 is 2.92 bits per heavy atom. The van der Waals surface area contributed by atoms with E-state index >= 15 is 0 Å². The van der Waals surface area contributed by atoms with Gasteiger partial charge in [0.25, 0.3) is 0 Å². The first-order chi connectivity index (χ1) is 11.8. The third-order valence-corrected chi connectivity index (χ3v) is 8.60. The molecule has 4 heteroatoms. The zero-order chi connectivity index (χ0) is 15.5. The maximum Gasteiger partial charge on any atom is 0.231 e. The summed E-state index contributed by atoms with van der Waals surface area (Å²) in [5, 5.41) is 0. The average molecular weight is 325 g/mol. The molecule has 1 aromatic rings. The number of benzene rings is 1. The highest BCUT2D eigenvalue weighted by Gasteiger charge is 2.74. The number of nitrogens with zero attached hydrogens (tertiary/aromatic N) is 1. The van der Waals surface area contributed by atoms with E-state index in [1.807, 2.05) is 4.90 Å². The van der Waals surface area contributed by atoms with Crippen molar-refractivity contribution >= 4 is 5.69 Å². The monoisotopic (exact) mass is 325 g/mol. The summed E-state index contributed by atoms with van der Waals surface area (Å²) in [6.45, 7) is 4.43. The van der Waals surface area contributed by atoms with E-state index < -0.39 is 0 Å². The molecule has 7 rings (SSSR count). The van der Waals surface area contributed by atoms with E-state index in [2.05, 4.69) is 17.0 Å². The molecule has 24 heavy (non-hydrogen) atoms. The third-order valence-electron chi connectivity index (χ3n) is 8.60. The van der Waals surface area contributed by atoms with Gasteiger partial charge in [0, 0.05) is 36.1 Å². The molecule has 0 aromatic heterocycles. The van der Waals surface area contributed by atoms with Crippen molar-refractivity contribution in [3.8, 4) is 11.5 Å². The van der Waals surface area contributed by atoms with Gasteiger partial charge in [-0.2, -0.15) is 0 Å². The van der Waals surface area contributed by atoms with Gasteiger partial charge in [-0.15, -0.1) is 0 Å². The molecular weight excluding hydrogens is 300 g/mol. The van der Waals surface area contributed by atoms with Crippen LogP contribution in [0.3, 0.4) is 0 Å². The molecule has 1 spiro atoms. The maximum absolute atomic E-state index is 5.72. The number of fused-ring (bicyclic) bond motifs is 4. The van der Waals surface area contributed by atoms with Crippen molar-refractivity contribution in [3.05, 3.63) is 17.7 Å². The first-order valence-corrected chi connectivity index (χ1v) is 9.88. The number of nitrogens with one attached hydrogen (secondary N) is 1.